The predicted octanol–water partition coefficient (Wildman–Crippen LogP) is 15.2. The van der Waals surface area contributed by atoms with E-state index in [0.29, 0.717) is 0 Å². The third kappa shape index (κ3) is 5.23. The number of hydrogen-bond acceptors (Lipinski definition) is 1. The van der Waals surface area contributed by atoms with Crippen molar-refractivity contribution in [1.29, 1.82) is 0 Å². The van der Waals surface area contributed by atoms with Crippen LogP contribution in [0.15, 0.2) is 200 Å². The maximum atomic E-state index is 2.50. The van der Waals surface area contributed by atoms with Gasteiger partial charge in [-0.15, -0.1) is 0 Å². The molecule has 0 aliphatic heterocycles. The molecule has 0 amide bonds. The van der Waals surface area contributed by atoms with Crippen molar-refractivity contribution in [2.24, 2.45) is 0 Å². The second-order valence-corrected chi connectivity index (χ2v) is 16.1. The molecule has 276 valence electrons. The second kappa shape index (κ2) is 13.6. The molecule has 0 heterocycles. The molecule has 0 saturated carbocycles. The summed E-state index contributed by atoms with van der Waals surface area (Å²) in [6.07, 6.45) is 8.87. The Morgan fingerprint density at radius 3 is 1.52 bits per heavy atom. The predicted molar refractivity (Wildman–Crippen MR) is 244 cm³/mol. The Bertz CT molecular complexity index is 2880. The molecule has 8 aromatic carbocycles. The number of rotatable bonds is 6. The van der Waals surface area contributed by atoms with E-state index in [0.717, 1.165) is 24.2 Å². The van der Waals surface area contributed by atoms with Crippen LogP contribution in [0.4, 0.5) is 17.1 Å². The van der Waals surface area contributed by atoms with Crippen LogP contribution in [0.2, 0.25) is 0 Å². The van der Waals surface area contributed by atoms with Gasteiger partial charge >= 0.3 is 0 Å². The van der Waals surface area contributed by atoms with Crippen LogP contribution >= 0.6 is 0 Å². The quantitative estimate of drug-likeness (QED) is 0.164. The molecular weight excluding hydrogens is 699 g/mol. The molecule has 1 nitrogen and oxygen atoms in total. The van der Waals surface area contributed by atoms with Gasteiger partial charge in [0.05, 0.1) is 5.41 Å². The Morgan fingerprint density at radius 1 is 0.414 bits per heavy atom. The first-order chi connectivity index (χ1) is 28.6. The van der Waals surface area contributed by atoms with Crippen LogP contribution in [0.3, 0.4) is 0 Å². The van der Waals surface area contributed by atoms with Crippen molar-refractivity contribution in [3.8, 4) is 44.5 Å². The van der Waals surface area contributed by atoms with Gasteiger partial charge in [-0.25, -0.2) is 0 Å². The summed E-state index contributed by atoms with van der Waals surface area (Å²) in [5, 5.41) is 0. The van der Waals surface area contributed by atoms with Crippen molar-refractivity contribution in [2.45, 2.75) is 32.1 Å². The zero-order valence-electron chi connectivity index (χ0n) is 32.9. The summed E-state index contributed by atoms with van der Waals surface area (Å²) in [5.41, 5.74) is 24.0. The van der Waals surface area contributed by atoms with Crippen molar-refractivity contribution in [3.05, 3.63) is 239 Å². The highest BCUT2D eigenvalue weighted by molar-refractivity contribution is 5.96. The standard InChI is InChI=1S/C57H43N/c1-38-36-56(58(45-30-25-42(26-31-45)40-15-5-3-6-16-40)46-32-27-43(28-33-46)41-17-7-4-8-18-41)39(2)35-51(38)44-29-34-50-49-21-11-14-24-54(49)57(55(50)37-44)52-22-12-9-19-47(52)48-20-10-13-23-53(48)57/h3-7,9-17,19-37H,8,18H2,1-2H3. The molecule has 0 unspecified atom stereocenters. The van der Waals surface area contributed by atoms with E-state index >= 15 is 0 Å². The highest BCUT2D eigenvalue weighted by atomic mass is 15.1. The average molecular weight is 742 g/mol. The fourth-order valence-electron chi connectivity index (χ4n) is 10.1. The van der Waals surface area contributed by atoms with Crippen molar-refractivity contribution in [1.82, 2.24) is 0 Å². The van der Waals surface area contributed by atoms with Gasteiger partial charge in [0.2, 0.25) is 0 Å². The largest absolute Gasteiger partial charge is 0.310 e. The number of aryl methyl sites for hydroxylation is 2. The molecule has 1 heteroatoms. The third-order valence-electron chi connectivity index (χ3n) is 12.8. The first kappa shape index (κ1) is 34.3. The monoisotopic (exact) mass is 741 g/mol. The Labute approximate surface area is 341 Å². The van der Waals surface area contributed by atoms with Crippen LogP contribution in [0, 0.1) is 13.8 Å². The SMILES string of the molecule is Cc1cc(N(c2ccc(C3=CC=CCC3)cc2)c2ccc(-c3ccccc3)cc2)c(C)cc1-c1ccc2c(c1)C1(c3ccccc3-c3ccccc31)c1ccccc1-2. The number of nitrogens with zero attached hydrogens (tertiary/aromatic N) is 1. The van der Waals surface area contributed by atoms with Gasteiger partial charge in [0.25, 0.3) is 0 Å². The lowest BCUT2D eigenvalue weighted by molar-refractivity contribution is 0.794. The Balaban J connectivity index is 1.04. The molecule has 0 aromatic heterocycles. The van der Waals surface area contributed by atoms with Gasteiger partial charge in [-0.1, -0.05) is 158 Å². The summed E-state index contributed by atoms with van der Waals surface area (Å²) in [7, 11) is 0. The fourth-order valence-corrected chi connectivity index (χ4v) is 10.1. The first-order valence-corrected chi connectivity index (χ1v) is 20.6. The molecule has 3 aliphatic carbocycles. The molecule has 0 bridgehead atoms. The lowest BCUT2D eigenvalue weighted by atomic mass is 9.70. The van der Waals surface area contributed by atoms with Gasteiger partial charge in [-0.05, 0) is 158 Å². The molecule has 11 rings (SSSR count). The highest BCUT2D eigenvalue weighted by Crippen LogP contribution is 2.63. The summed E-state index contributed by atoms with van der Waals surface area (Å²) in [6.45, 7) is 4.55. The van der Waals surface area contributed by atoms with E-state index < -0.39 is 0 Å². The molecule has 0 fully saturated rings. The van der Waals surface area contributed by atoms with Crippen LogP contribution < -0.4 is 4.90 Å². The average Bonchev–Trinajstić information content (AvgIpc) is 3.76. The maximum absolute atomic E-state index is 2.50. The topological polar surface area (TPSA) is 3.24 Å². The lowest BCUT2D eigenvalue weighted by Crippen LogP contribution is -2.25. The molecule has 0 radical (unpaired) electrons. The molecule has 0 N–H and O–H groups in total. The number of fused-ring (bicyclic) bond motifs is 10. The summed E-state index contributed by atoms with van der Waals surface area (Å²) >= 11 is 0. The van der Waals surface area contributed by atoms with Crippen LogP contribution in [-0.2, 0) is 5.41 Å². The molecule has 0 saturated heterocycles. The minimum absolute atomic E-state index is 0.364. The van der Waals surface area contributed by atoms with Gasteiger partial charge in [-0.3, -0.25) is 0 Å². The summed E-state index contributed by atoms with van der Waals surface area (Å²) in [6, 6.07) is 68.0. The molecule has 8 aromatic rings. The minimum Gasteiger partial charge on any atom is -0.310 e. The number of hydrogen-bond donors (Lipinski definition) is 0. The van der Waals surface area contributed by atoms with Crippen LogP contribution in [0.5, 0.6) is 0 Å². The van der Waals surface area contributed by atoms with Crippen molar-refractivity contribution >= 4 is 22.6 Å². The van der Waals surface area contributed by atoms with E-state index in [9.17, 15) is 0 Å². The van der Waals surface area contributed by atoms with Crippen molar-refractivity contribution < 1.29 is 0 Å². The van der Waals surface area contributed by atoms with Gasteiger partial charge < -0.3 is 4.90 Å². The molecule has 1 spiro atoms. The highest BCUT2D eigenvalue weighted by Gasteiger charge is 2.51. The Hall–Kier alpha value is -6.96. The number of anilines is 3. The number of benzene rings is 8. The minimum atomic E-state index is -0.364. The lowest BCUT2D eigenvalue weighted by Gasteiger charge is -2.31. The third-order valence-corrected chi connectivity index (χ3v) is 12.8. The molecular formula is C57H43N. The number of allylic oxidation sites excluding steroid dienone is 4. The smallest absolute Gasteiger partial charge is 0.0725 e. The van der Waals surface area contributed by atoms with Gasteiger partial charge in [-0.2, -0.15) is 0 Å². The van der Waals surface area contributed by atoms with E-state index in [1.54, 1.807) is 0 Å². The second-order valence-electron chi connectivity index (χ2n) is 16.1. The van der Waals surface area contributed by atoms with Crippen LogP contribution in [0.1, 0.15) is 51.8 Å². The van der Waals surface area contributed by atoms with Gasteiger partial charge in [0.1, 0.15) is 0 Å². The van der Waals surface area contributed by atoms with Gasteiger partial charge in [0.15, 0.2) is 0 Å². The van der Waals surface area contributed by atoms with Crippen LogP contribution in [0.25, 0.3) is 50.1 Å². The fraction of sp³-hybridized carbons (Fsp3) is 0.0877. The van der Waals surface area contributed by atoms with E-state index in [1.807, 2.05) is 0 Å². The normalized spacial score (nSPS) is 14.1. The van der Waals surface area contributed by atoms with Crippen molar-refractivity contribution in [3.63, 3.8) is 0 Å². The molecule has 0 atom stereocenters. The summed E-state index contributed by atoms with van der Waals surface area (Å²) in [4.78, 5) is 2.43. The van der Waals surface area contributed by atoms with E-state index in [-0.39, 0.29) is 5.41 Å². The molecule has 3 aliphatic rings. The Kier molecular flexibility index (Phi) is 8.05. The zero-order valence-corrected chi connectivity index (χ0v) is 32.9. The van der Waals surface area contributed by atoms with E-state index in [2.05, 4.69) is 219 Å². The Morgan fingerprint density at radius 2 is 0.931 bits per heavy atom. The van der Waals surface area contributed by atoms with E-state index in [4.69, 9.17) is 0 Å². The van der Waals surface area contributed by atoms with Crippen molar-refractivity contribution in [2.75, 3.05) is 4.90 Å². The van der Waals surface area contributed by atoms with Crippen LogP contribution in [-0.4, -0.2) is 0 Å². The summed E-state index contributed by atoms with van der Waals surface area (Å²) in [5.74, 6) is 0. The first-order valence-electron chi connectivity index (χ1n) is 20.6. The van der Waals surface area contributed by atoms with Gasteiger partial charge in [0, 0.05) is 17.1 Å². The summed E-state index contributed by atoms with van der Waals surface area (Å²) < 4.78 is 0. The van der Waals surface area contributed by atoms with E-state index in [1.165, 1.54) is 94.7 Å². The molecule has 58 heavy (non-hydrogen) atoms. The zero-order chi connectivity index (χ0) is 38.8. The maximum Gasteiger partial charge on any atom is 0.0725 e.